The van der Waals surface area contributed by atoms with E-state index in [9.17, 15) is 14.4 Å². The minimum atomic E-state index is -0.664. The molecule has 4 amide bonds. The van der Waals surface area contributed by atoms with Gasteiger partial charge in [-0.3, -0.25) is 20.0 Å². The standard InChI is InChI=1S/C34H44N6O6/c1-34(2,3)46-33(43)38-29-13-6-5-12-28(29)37-31(41)30-15-14-25(23-35-30)24-40(17-8-7-16-39-18-20-45-21-19-39)32(42)36-26-10-9-11-27(22-26)44-4/h5-6,9-15,22-23H,7-8,16-21,24H2,1-4H3,(H,36,42)(H,37,41)(H,38,43). The molecule has 2 aromatic carbocycles. The number of amides is 4. The van der Waals surface area contributed by atoms with E-state index in [1.807, 2.05) is 18.2 Å². The highest BCUT2D eigenvalue weighted by Crippen LogP contribution is 2.23. The predicted molar refractivity (Wildman–Crippen MR) is 177 cm³/mol. The number of morpholine rings is 1. The van der Waals surface area contributed by atoms with E-state index in [4.69, 9.17) is 14.2 Å². The van der Waals surface area contributed by atoms with Crippen LogP contribution < -0.4 is 20.7 Å². The lowest BCUT2D eigenvalue weighted by molar-refractivity contribution is 0.0370. The van der Waals surface area contributed by atoms with Crippen molar-refractivity contribution in [3.8, 4) is 5.75 Å². The van der Waals surface area contributed by atoms with Crippen LogP contribution in [0.4, 0.5) is 26.7 Å². The van der Waals surface area contributed by atoms with Crippen molar-refractivity contribution in [2.45, 2.75) is 45.8 Å². The number of carbonyl (C=O) groups excluding carboxylic acids is 3. The number of ether oxygens (including phenoxy) is 3. The molecule has 246 valence electrons. The van der Waals surface area contributed by atoms with Crippen LogP contribution in [0.2, 0.25) is 0 Å². The van der Waals surface area contributed by atoms with Gasteiger partial charge in [-0.2, -0.15) is 0 Å². The van der Waals surface area contributed by atoms with Crippen LogP contribution in [-0.2, 0) is 16.0 Å². The Balaban J connectivity index is 1.39. The van der Waals surface area contributed by atoms with Crippen molar-refractivity contribution in [3.05, 3.63) is 78.1 Å². The lowest BCUT2D eigenvalue weighted by Crippen LogP contribution is -2.38. The number of unbranched alkanes of at least 4 members (excludes halogenated alkanes) is 1. The number of pyridine rings is 1. The highest BCUT2D eigenvalue weighted by atomic mass is 16.6. The van der Waals surface area contributed by atoms with Gasteiger partial charge in [-0.25, -0.2) is 9.59 Å². The average molecular weight is 633 g/mol. The molecule has 0 radical (unpaired) electrons. The fourth-order valence-corrected chi connectivity index (χ4v) is 4.79. The number of anilines is 3. The maximum Gasteiger partial charge on any atom is 0.412 e. The number of rotatable bonds is 12. The first-order valence-corrected chi connectivity index (χ1v) is 15.4. The summed E-state index contributed by atoms with van der Waals surface area (Å²) in [5.41, 5.74) is 1.73. The van der Waals surface area contributed by atoms with Gasteiger partial charge in [-0.1, -0.05) is 24.3 Å². The molecule has 0 atom stereocenters. The molecular formula is C34H44N6O6. The highest BCUT2D eigenvalue weighted by Gasteiger charge is 2.19. The summed E-state index contributed by atoms with van der Waals surface area (Å²) in [7, 11) is 1.58. The summed E-state index contributed by atoms with van der Waals surface area (Å²) in [6.45, 7) is 10.5. The van der Waals surface area contributed by atoms with Crippen LogP contribution in [0.3, 0.4) is 0 Å². The molecule has 2 heterocycles. The third kappa shape index (κ3) is 11.0. The summed E-state index contributed by atoms with van der Waals surface area (Å²) < 4.78 is 16.1. The van der Waals surface area contributed by atoms with E-state index in [-0.39, 0.29) is 11.7 Å². The monoisotopic (exact) mass is 632 g/mol. The van der Waals surface area contributed by atoms with E-state index in [0.29, 0.717) is 35.9 Å². The van der Waals surface area contributed by atoms with Crippen molar-refractivity contribution in [1.29, 1.82) is 0 Å². The van der Waals surface area contributed by atoms with Crippen LogP contribution in [0, 0.1) is 0 Å². The Labute approximate surface area is 270 Å². The molecule has 3 N–H and O–H groups in total. The second-order valence-corrected chi connectivity index (χ2v) is 11.9. The van der Waals surface area contributed by atoms with E-state index in [2.05, 4.69) is 25.8 Å². The van der Waals surface area contributed by atoms with Gasteiger partial charge in [0.05, 0.1) is 31.7 Å². The Morgan fingerprint density at radius 2 is 1.67 bits per heavy atom. The zero-order valence-corrected chi connectivity index (χ0v) is 27.0. The Morgan fingerprint density at radius 1 is 0.935 bits per heavy atom. The smallest absolute Gasteiger partial charge is 0.412 e. The number of nitrogens with zero attached hydrogens (tertiary/aromatic N) is 3. The molecular weight excluding hydrogens is 588 g/mol. The lowest BCUT2D eigenvalue weighted by atomic mass is 10.2. The van der Waals surface area contributed by atoms with E-state index in [1.54, 1.807) is 81.4 Å². The third-order valence-corrected chi connectivity index (χ3v) is 7.11. The van der Waals surface area contributed by atoms with Crippen LogP contribution in [0.5, 0.6) is 5.75 Å². The second kappa shape index (κ2) is 16.6. The Kier molecular flexibility index (Phi) is 12.3. The van der Waals surface area contributed by atoms with E-state index < -0.39 is 17.6 Å². The van der Waals surface area contributed by atoms with Crippen molar-refractivity contribution in [3.63, 3.8) is 0 Å². The summed E-state index contributed by atoms with van der Waals surface area (Å²) >= 11 is 0. The van der Waals surface area contributed by atoms with Crippen molar-refractivity contribution in [1.82, 2.24) is 14.8 Å². The fraction of sp³-hybridized carbons (Fsp3) is 0.412. The zero-order valence-electron chi connectivity index (χ0n) is 27.0. The number of hydrogen-bond acceptors (Lipinski definition) is 8. The highest BCUT2D eigenvalue weighted by molar-refractivity contribution is 6.05. The van der Waals surface area contributed by atoms with E-state index in [0.717, 1.165) is 51.3 Å². The molecule has 1 aliphatic heterocycles. The minimum Gasteiger partial charge on any atom is -0.497 e. The third-order valence-electron chi connectivity index (χ3n) is 7.11. The molecule has 1 fully saturated rings. The number of nitrogens with one attached hydrogen (secondary N) is 3. The van der Waals surface area contributed by atoms with Crippen LogP contribution >= 0.6 is 0 Å². The van der Waals surface area contributed by atoms with Crippen LogP contribution in [0.15, 0.2) is 66.9 Å². The summed E-state index contributed by atoms with van der Waals surface area (Å²) in [6, 6.07) is 17.2. The molecule has 0 saturated carbocycles. The van der Waals surface area contributed by atoms with Gasteiger partial charge in [0, 0.05) is 44.1 Å². The Hall–Kier alpha value is -4.68. The quantitative estimate of drug-likeness (QED) is 0.212. The minimum absolute atomic E-state index is 0.189. The van der Waals surface area contributed by atoms with Gasteiger partial charge in [0.25, 0.3) is 5.91 Å². The molecule has 4 rings (SSSR count). The maximum atomic E-state index is 13.4. The van der Waals surface area contributed by atoms with E-state index >= 15 is 0 Å². The molecule has 0 spiro atoms. The van der Waals surface area contributed by atoms with Crippen LogP contribution in [0.25, 0.3) is 0 Å². The summed E-state index contributed by atoms with van der Waals surface area (Å²) in [5, 5.41) is 8.45. The molecule has 0 bridgehead atoms. The molecule has 0 aliphatic carbocycles. The topological polar surface area (TPSA) is 134 Å². The molecule has 3 aromatic rings. The largest absolute Gasteiger partial charge is 0.497 e. The molecule has 0 unspecified atom stereocenters. The van der Waals surface area contributed by atoms with E-state index in [1.165, 1.54) is 0 Å². The van der Waals surface area contributed by atoms with Crippen molar-refractivity contribution in [2.24, 2.45) is 0 Å². The van der Waals surface area contributed by atoms with Gasteiger partial charge in [-0.05, 0) is 76.1 Å². The van der Waals surface area contributed by atoms with Crippen molar-refractivity contribution in [2.75, 3.05) is 62.5 Å². The number of aromatic nitrogens is 1. The first-order chi connectivity index (χ1) is 22.1. The van der Waals surface area contributed by atoms with Crippen LogP contribution in [-0.4, -0.2) is 84.9 Å². The maximum absolute atomic E-state index is 13.4. The number of methoxy groups -OCH3 is 1. The first-order valence-electron chi connectivity index (χ1n) is 15.4. The summed E-state index contributed by atoms with van der Waals surface area (Å²) in [4.78, 5) is 47.3. The summed E-state index contributed by atoms with van der Waals surface area (Å²) in [6.07, 6.45) is 2.75. The normalized spacial score (nSPS) is 13.4. The SMILES string of the molecule is COc1cccc(NC(=O)N(CCCCN2CCOCC2)Cc2ccc(C(=O)Nc3ccccc3NC(=O)OC(C)(C)C)nc2)c1. The van der Waals surface area contributed by atoms with Gasteiger partial charge >= 0.3 is 12.1 Å². The molecule has 12 heteroatoms. The first kappa shape index (κ1) is 34.2. The van der Waals surface area contributed by atoms with Gasteiger partial charge in [0.15, 0.2) is 0 Å². The van der Waals surface area contributed by atoms with Gasteiger partial charge in [-0.15, -0.1) is 0 Å². The molecule has 1 saturated heterocycles. The van der Waals surface area contributed by atoms with Gasteiger partial charge < -0.3 is 29.7 Å². The second-order valence-electron chi connectivity index (χ2n) is 11.9. The number of urea groups is 1. The summed E-state index contributed by atoms with van der Waals surface area (Å²) in [5.74, 6) is 0.205. The fourth-order valence-electron chi connectivity index (χ4n) is 4.79. The molecule has 12 nitrogen and oxygen atoms in total. The van der Waals surface area contributed by atoms with Crippen molar-refractivity contribution < 1.29 is 28.6 Å². The molecule has 1 aromatic heterocycles. The van der Waals surface area contributed by atoms with Crippen LogP contribution in [0.1, 0.15) is 49.7 Å². The number of hydrogen-bond donors (Lipinski definition) is 3. The predicted octanol–water partition coefficient (Wildman–Crippen LogP) is 5.84. The molecule has 46 heavy (non-hydrogen) atoms. The Morgan fingerprint density at radius 3 is 2.35 bits per heavy atom. The molecule has 1 aliphatic rings. The number of carbonyl (C=O) groups is 3. The Bertz CT molecular complexity index is 1450. The van der Waals surface area contributed by atoms with Gasteiger partial charge in [0.1, 0.15) is 17.0 Å². The zero-order chi connectivity index (χ0) is 32.9. The lowest BCUT2D eigenvalue weighted by Gasteiger charge is -2.27. The number of benzene rings is 2. The average Bonchev–Trinajstić information content (AvgIpc) is 3.03. The van der Waals surface area contributed by atoms with Gasteiger partial charge in [0.2, 0.25) is 0 Å². The number of para-hydroxylation sites is 2. The van der Waals surface area contributed by atoms with Crippen molar-refractivity contribution >= 4 is 35.1 Å².